The molecular weight excluding hydrogens is 228 g/mol. The van der Waals surface area contributed by atoms with E-state index in [1.54, 1.807) is 0 Å². The van der Waals surface area contributed by atoms with Gasteiger partial charge in [0.05, 0.1) is 0 Å². The molecule has 0 saturated heterocycles. The van der Waals surface area contributed by atoms with Crippen molar-refractivity contribution in [3.63, 3.8) is 0 Å². The lowest BCUT2D eigenvalue weighted by Crippen LogP contribution is -2.13. The first-order valence-electron chi connectivity index (χ1n) is 5.57. The number of rotatable bonds is 4. The fourth-order valence-corrected chi connectivity index (χ4v) is 1.73. The van der Waals surface area contributed by atoms with Gasteiger partial charge >= 0.3 is 5.97 Å². The Hall–Kier alpha value is -2.42. The van der Waals surface area contributed by atoms with Crippen molar-refractivity contribution in [3.05, 3.63) is 71.8 Å². The average Bonchev–Trinajstić information content (AvgIpc) is 2.46. The molecule has 2 aromatic carbocycles. The molecule has 0 heterocycles. The van der Waals surface area contributed by atoms with Crippen LogP contribution in [-0.4, -0.2) is 12.3 Å². The predicted octanol–water partition coefficient (Wildman–Crippen LogP) is 2.52. The molecule has 0 aliphatic rings. The Balaban J connectivity index is 2.35. The minimum atomic E-state index is -0.868. The highest BCUT2D eigenvalue weighted by molar-refractivity contribution is 6.20. The number of aldehydes is 1. The second-order valence-electron chi connectivity index (χ2n) is 3.76. The van der Waals surface area contributed by atoms with Gasteiger partial charge in [-0.05, 0) is 11.1 Å². The molecule has 0 fully saturated rings. The minimum Gasteiger partial charge on any atom is -0.447 e. The van der Waals surface area contributed by atoms with Crippen molar-refractivity contribution in [1.82, 2.24) is 0 Å². The van der Waals surface area contributed by atoms with Crippen LogP contribution in [-0.2, 0) is 14.3 Å². The zero-order valence-electron chi connectivity index (χ0n) is 9.65. The lowest BCUT2D eigenvalue weighted by atomic mass is 10.0. The number of benzene rings is 2. The second-order valence-corrected chi connectivity index (χ2v) is 3.76. The summed E-state index contributed by atoms with van der Waals surface area (Å²) in [5.74, 6) is -0.868. The molecule has 3 nitrogen and oxygen atoms in total. The predicted molar refractivity (Wildman–Crippen MR) is 66.9 cm³/mol. The number of carbonyl (C=O) groups is 2. The maximum absolute atomic E-state index is 11.2. The van der Waals surface area contributed by atoms with E-state index in [1.807, 2.05) is 60.7 Å². The normalized spacial score (nSPS) is 10.1. The van der Waals surface area contributed by atoms with Gasteiger partial charge in [-0.25, -0.2) is 4.79 Å². The van der Waals surface area contributed by atoms with Crippen LogP contribution in [0.1, 0.15) is 17.2 Å². The van der Waals surface area contributed by atoms with E-state index in [4.69, 9.17) is 4.74 Å². The molecule has 0 aliphatic carbocycles. The summed E-state index contributed by atoms with van der Waals surface area (Å²) in [4.78, 5) is 21.6. The van der Waals surface area contributed by atoms with Crippen molar-refractivity contribution in [2.45, 2.75) is 6.10 Å². The van der Waals surface area contributed by atoms with Crippen LogP contribution in [0.2, 0.25) is 0 Å². The van der Waals surface area contributed by atoms with Crippen LogP contribution in [0.3, 0.4) is 0 Å². The fourth-order valence-electron chi connectivity index (χ4n) is 1.73. The van der Waals surface area contributed by atoms with E-state index in [-0.39, 0.29) is 6.29 Å². The van der Waals surface area contributed by atoms with Crippen LogP contribution in [0.25, 0.3) is 0 Å². The molecule has 0 aliphatic heterocycles. The summed E-state index contributed by atoms with van der Waals surface area (Å²) in [7, 11) is 0. The molecule has 0 N–H and O–H groups in total. The first kappa shape index (κ1) is 12.0. The van der Waals surface area contributed by atoms with Crippen LogP contribution in [0.4, 0.5) is 0 Å². The van der Waals surface area contributed by atoms with Crippen molar-refractivity contribution in [2.24, 2.45) is 0 Å². The quantitative estimate of drug-likeness (QED) is 0.468. The number of hydrogen-bond acceptors (Lipinski definition) is 3. The molecular formula is C15H12O3. The smallest absolute Gasteiger partial charge is 0.372 e. The van der Waals surface area contributed by atoms with Crippen molar-refractivity contribution >= 4 is 12.3 Å². The molecule has 0 saturated carbocycles. The van der Waals surface area contributed by atoms with Crippen LogP contribution in [0.5, 0.6) is 0 Å². The highest BCUT2D eigenvalue weighted by Crippen LogP contribution is 2.25. The highest BCUT2D eigenvalue weighted by atomic mass is 16.5. The Morgan fingerprint density at radius 3 is 1.72 bits per heavy atom. The summed E-state index contributed by atoms with van der Waals surface area (Å²) in [5, 5.41) is 0. The van der Waals surface area contributed by atoms with Gasteiger partial charge in [-0.2, -0.15) is 0 Å². The first-order valence-corrected chi connectivity index (χ1v) is 5.57. The number of hydrogen-bond donors (Lipinski definition) is 0. The van der Waals surface area contributed by atoms with Gasteiger partial charge in [0.1, 0.15) is 0 Å². The summed E-state index contributed by atoms with van der Waals surface area (Å²) < 4.78 is 5.16. The van der Waals surface area contributed by atoms with Gasteiger partial charge in [-0.3, -0.25) is 4.79 Å². The third kappa shape index (κ3) is 2.83. The van der Waals surface area contributed by atoms with E-state index < -0.39 is 12.1 Å². The lowest BCUT2D eigenvalue weighted by Gasteiger charge is -2.17. The second kappa shape index (κ2) is 5.77. The molecule has 18 heavy (non-hydrogen) atoms. The van der Waals surface area contributed by atoms with E-state index in [0.717, 1.165) is 11.1 Å². The fraction of sp³-hybridized carbons (Fsp3) is 0.0667. The number of esters is 1. The SMILES string of the molecule is O=CC(=O)OC(c1ccccc1)c1ccccc1. The summed E-state index contributed by atoms with van der Waals surface area (Å²) >= 11 is 0. The third-order valence-corrected chi connectivity index (χ3v) is 2.53. The van der Waals surface area contributed by atoms with Gasteiger partial charge < -0.3 is 4.74 Å². The largest absolute Gasteiger partial charge is 0.447 e. The minimum absolute atomic E-state index is 0.179. The maximum Gasteiger partial charge on any atom is 0.372 e. The molecule has 0 radical (unpaired) electrons. The lowest BCUT2D eigenvalue weighted by molar-refractivity contribution is -0.151. The van der Waals surface area contributed by atoms with E-state index in [9.17, 15) is 9.59 Å². The third-order valence-electron chi connectivity index (χ3n) is 2.53. The van der Waals surface area contributed by atoms with Crippen molar-refractivity contribution in [2.75, 3.05) is 0 Å². The molecule has 0 amide bonds. The zero-order chi connectivity index (χ0) is 12.8. The number of carbonyl (C=O) groups excluding carboxylic acids is 2. The van der Waals surface area contributed by atoms with Crippen molar-refractivity contribution in [1.29, 1.82) is 0 Å². The summed E-state index contributed by atoms with van der Waals surface area (Å²) in [6, 6.07) is 18.6. The van der Waals surface area contributed by atoms with Gasteiger partial charge in [0.25, 0.3) is 0 Å². The summed E-state index contributed by atoms with van der Waals surface area (Å²) in [6.07, 6.45) is -0.371. The van der Waals surface area contributed by atoms with Crippen molar-refractivity contribution in [3.8, 4) is 0 Å². The Bertz CT molecular complexity index is 480. The van der Waals surface area contributed by atoms with Crippen molar-refractivity contribution < 1.29 is 14.3 Å². The first-order chi connectivity index (χ1) is 8.81. The molecule has 0 unspecified atom stereocenters. The van der Waals surface area contributed by atoms with Crippen LogP contribution in [0, 0.1) is 0 Å². The summed E-state index contributed by atoms with van der Waals surface area (Å²) in [6.45, 7) is 0. The van der Waals surface area contributed by atoms with E-state index in [1.165, 1.54) is 0 Å². The molecule has 90 valence electrons. The molecule has 2 aromatic rings. The Kier molecular flexibility index (Phi) is 3.86. The topological polar surface area (TPSA) is 43.4 Å². The summed E-state index contributed by atoms with van der Waals surface area (Å²) in [5.41, 5.74) is 1.66. The van der Waals surface area contributed by atoms with Gasteiger partial charge in [0.15, 0.2) is 6.10 Å². The zero-order valence-corrected chi connectivity index (χ0v) is 9.65. The van der Waals surface area contributed by atoms with E-state index >= 15 is 0 Å². The van der Waals surface area contributed by atoms with Crippen LogP contribution >= 0.6 is 0 Å². The Morgan fingerprint density at radius 1 is 0.889 bits per heavy atom. The maximum atomic E-state index is 11.2. The van der Waals surface area contributed by atoms with Gasteiger partial charge in [-0.15, -0.1) is 0 Å². The monoisotopic (exact) mass is 240 g/mol. The number of ether oxygens (including phenoxy) is 1. The van der Waals surface area contributed by atoms with Crippen LogP contribution in [0.15, 0.2) is 60.7 Å². The van der Waals surface area contributed by atoms with Crippen LogP contribution < -0.4 is 0 Å². The van der Waals surface area contributed by atoms with Gasteiger partial charge in [0.2, 0.25) is 6.29 Å². The Labute approximate surface area is 105 Å². The van der Waals surface area contributed by atoms with E-state index in [2.05, 4.69) is 0 Å². The Morgan fingerprint density at radius 2 is 1.33 bits per heavy atom. The van der Waals surface area contributed by atoms with Gasteiger partial charge in [0, 0.05) is 0 Å². The molecule has 0 atom stereocenters. The van der Waals surface area contributed by atoms with Gasteiger partial charge in [-0.1, -0.05) is 60.7 Å². The highest BCUT2D eigenvalue weighted by Gasteiger charge is 2.17. The average molecular weight is 240 g/mol. The molecule has 3 heteroatoms. The molecule has 2 rings (SSSR count). The van der Waals surface area contributed by atoms with E-state index in [0.29, 0.717) is 0 Å². The molecule has 0 spiro atoms. The molecule has 0 aromatic heterocycles. The molecule has 0 bridgehead atoms. The standard InChI is InChI=1S/C15H12O3/c16-11-14(17)18-15(12-7-3-1-4-8-12)13-9-5-2-6-10-13/h1-11,15H.